The third-order valence-electron chi connectivity index (χ3n) is 38.2. The summed E-state index contributed by atoms with van der Waals surface area (Å²) in [4.78, 5) is 58.5. The van der Waals surface area contributed by atoms with Crippen LogP contribution in [0.1, 0.15) is 180 Å². The van der Waals surface area contributed by atoms with Crippen molar-refractivity contribution in [2.45, 2.75) is 357 Å². The topological polar surface area (TPSA) is 352 Å². The first-order valence-corrected chi connectivity index (χ1v) is 63.9. The minimum atomic E-state index is -1.14. The molecule has 38 atom stereocenters. The van der Waals surface area contributed by atoms with Crippen molar-refractivity contribution in [1.82, 2.24) is 0 Å². The Hall–Kier alpha value is -2.41. The summed E-state index contributed by atoms with van der Waals surface area (Å²) in [6.07, 6.45) is 19.0. The van der Waals surface area contributed by atoms with Crippen LogP contribution >= 0.6 is 56.0 Å². The molecule has 2 unspecified atom stereocenters. The molecule has 12 aliphatic carbocycles. The molecule has 0 amide bonds. The fraction of sp³-hybridized carbons (Fsp3) is 0.800. The molecule has 28 aliphatic rings. The maximum atomic E-state index is 12.7. The van der Waals surface area contributed by atoms with Gasteiger partial charge in [-0.3, -0.25) is 4.79 Å². The van der Waals surface area contributed by atoms with E-state index in [9.17, 15) is 29.4 Å². The van der Waals surface area contributed by atoms with Crippen molar-refractivity contribution >= 4 is 85.8 Å². The summed E-state index contributed by atoms with van der Waals surface area (Å²) in [5.41, 5.74) is 1.95. The molecule has 28 rings (SSSR count). The second-order valence-electron chi connectivity index (χ2n) is 43.3. The predicted molar refractivity (Wildman–Crippen MR) is 459 cm³/mol. The van der Waals surface area contributed by atoms with E-state index in [4.69, 9.17) is 112 Å². The Labute approximate surface area is 777 Å². The molecule has 0 aromatic carbocycles. The standard InChI is InChI=1S/C25H32O6S.C23H28O6.C22H28O6S.C20H24O6.C3H5Br.C2H4O2.2ClH.Hg/c1-6-7-15-17-13(20(26)28-15)8-9-22(4)14(17)10-16-24(29-16)21(27-11-32-5)23(12(2)3)18(30-23)19-25(22,24)31-19;1-5-6-13-15-11(18(24)26-13)7-8-20(4)12(15)9-14-22(27-14)19(25)21(10(2)3)16(28-21)17-23(20,22)29-17;1-10(2)20-15(27-20)16-22(28-16)19(3)6-5-11-12(8-24-17(11)23)13(19)7-14-21(22,26-14)18(20)25-9-29-4;1-8(2)18-13(25-18)14-20(26-14)17(3)5-4-9-10(7-23-15(9)21)11(17)6-12-19(20,24-12)16(18)22;1-2-3-4;1-2(3)4;;;/h6,12,14-16,18-19,21H,1,7-11H2,2-5H3;5,10,12-14,16-17,19,25H,1,6-9H2,2-4H3;10,13-16,18H,5-9H2,1-4H3;8,11-14,16,22H,4-7H2,1-3H3;2H,1,3H2;1H3,(H,3,4);2*1H;/q;;;;;;;;+2/p-2/t14-,15?,16-,18-,19-,21+,22-,23-,24+,25+;12-,13?,14-,16-,17-,19+,20-,21-,22+,23+;13-,14-,15-,16-,18+,19-,20-,21+,22+;11-,12-,13-,14-,16+,17-,18-,19+,20+;;;;;/m0000...../s1. The number of alkyl halides is 1. The first-order chi connectivity index (χ1) is 60.4. The molecule has 20 fully saturated rings. The number of carbonyl (C=O) groups excluding carboxylic acids is 4. The first kappa shape index (κ1) is 89.8. The van der Waals surface area contributed by atoms with E-state index >= 15 is 0 Å². The number of carboxylic acids is 1. The van der Waals surface area contributed by atoms with Crippen LogP contribution in [-0.2, 0) is 131 Å². The molecular weight excluding hydrogens is 1970 g/mol. The van der Waals surface area contributed by atoms with Gasteiger partial charge in [0.1, 0.15) is 143 Å². The number of carbonyl (C=O) groups is 5. The van der Waals surface area contributed by atoms with Crippen molar-refractivity contribution < 1.29 is 147 Å². The maximum absolute atomic E-state index is 12.7. The second kappa shape index (κ2) is 28.9. The number of carboxylic acid groups (broad SMARTS) is 1. The van der Waals surface area contributed by atoms with Gasteiger partial charge < -0.3 is 101 Å². The number of thioether (sulfide) groups is 2. The summed E-state index contributed by atoms with van der Waals surface area (Å²) in [6.45, 7) is 39.8. The molecule has 0 aromatic heterocycles. The molecule has 3 N–H and O–H groups in total. The Morgan fingerprint density at radius 1 is 0.465 bits per heavy atom. The molecule has 0 bridgehead atoms. The van der Waals surface area contributed by atoms with E-state index < -0.39 is 90.7 Å². The number of aliphatic hydroxyl groups excluding tert-OH is 2. The van der Waals surface area contributed by atoms with Crippen molar-refractivity contribution in [2.24, 2.45) is 69.0 Å². The molecule has 692 valence electrons. The number of fused-ring (bicyclic) bond motifs is 16. The van der Waals surface area contributed by atoms with Gasteiger partial charge in [0.05, 0.1) is 36.3 Å². The molecule has 0 radical (unpaired) electrons. The quantitative estimate of drug-likeness (QED) is 0.0261. The van der Waals surface area contributed by atoms with E-state index in [1.165, 1.54) is 11.1 Å². The Kier molecular flexibility index (Phi) is 20.4. The van der Waals surface area contributed by atoms with E-state index in [1.54, 1.807) is 29.6 Å². The Bertz CT molecular complexity index is 4950. The van der Waals surface area contributed by atoms with Crippen molar-refractivity contribution in [3.8, 4) is 0 Å². The van der Waals surface area contributed by atoms with Gasteiger partial charge in [-0.1, -0.05) is 117 Å². The molecule has 12 saturated heterocycles. The third-order valence-corrected chi connectivity index (χ3v) is 39.4. The molecule has 16 heterocycles. The van der Waals surface area contributed by atoms with Crippen LogP contribution in [0.5, 0.6) is 0 Å². The van der Waals surface area contributed by atoms with Gasteiger partial charge in [0.2, 0.25) is 0 Å². The third kappa shape index (κ3) is 10.4. The normalized spacial score (nSPS) is 54.4. The van der Waals surface area contributed by atoms with Crippen LogP contribution in [0.2, 0.25) is 0 Å². The number of allylic oxidation sites excluding steroid dienone is 1. The molecular formula is C95H121BrCl2HgO26S2. The number of aliphatic carboxylic acids is 1. The van der Waals surface area contributed by atoms with E-state index in [2.05, 4.69) is 131 Å². The van der Waals surface area contributed by atoms with Crippen LogP contribution in [0.3, 0.4) is 0 Å². The Morgan fingerprint density at radius 2 is 0.748 bits per heavy atom. The van der Waals surface area contributed by atoms with Crippen LogP contribution in [0.4, 0.5) is 0 Å². The van der Waals surface area contributed by atoms with Crippen LogP contribution in [0.15, 0.2) is 82.5 Å². The number of hydrogen-bond donors (Lipinski definition) is 3. The van der Waals surface area contributed by atoms with E-state index in [0.29, 0.717) is 56.2 Å². The summed E-state index contributed by atoms with van der Waals surface area (Å²) >= 11 is 5.38. The van der Waals surface area contributed by atoms with Gasteiger partial charge in [-0.05, 0) is 159 Å². The first-order valence-electron chi connectivity index (χ1n) is 46.5. The van der Waals surface area contributed by atoms with Gasteiger partial charge >= 0.3 is 62.5 Å². The van der Waals surface area contributed by atoms with Crippen LogP contribution in [0.25, 0.3) is 0 Å². The Balaban J connectivity index is 0.0000000963. The summed E-state index contributed by atoms with van der Waals surface area (Å²) in [5, 5.41) is 31.3. The molecule has 32 heteroatoms. The number of halogens is 3. The summed E-state index contributed by atoms with van der Waals surface area (Å²) in [7, 11) is 9.97. The zero-order chi connectivity index (χ0) is 89.9. The molecule has 16 aliphatic heterocycles. The number of rotatable bonds is 15. The monoisotopic (exact) mass is 2090 g/mol. The van der Waals surface area contributed by atoms with Gasteiger partial charge in [0, 0.05) is 69.0 Å². The number of aliphatic hydroxyl groups is 2. The van der Waals surface area contributed by atoms with Gasteiger partial charge in [0.15, 0.2) is 22.4 Å². The van der Waals surface area contributed by atoms with Gasteiger partial charge in [-0.2, -0.15) is 0 Å². The van der Waals surface area contributed by atoms with Crippen molar-refractivity contribution in [2.75, 3.05) is 42.9 Å². The van der Waals surface area contributed by atoms with Crippen LogP contribution < -0.4 is 0 Å². The fourth-order valence-electron chi connectivity index (χ4n) is 32.5. The number of esters is 4. The van der Waals surface area contributed by atoms with Crippen LogP contribution in [-0.4, -0.2) is 265 Å². The second-order valence-corrected chi connectivity index (χ2v) is 53.5. The van der Waals surface area contributed by atoms with Gasteiger partial charge in [-0.25, -0.2) is 19.2 Å². The number of cyclic esters (lactones) is 4. The fourth-order valence-corrected chi connectivity index (χ4v) is 33.1. The molecule has 8 spiro atoms. The van der Waals surface area contributed by atoms with Crippen molar-refractivity contribution in [3.63, 3.8) is 0 Å². The molecule has 0 aromatic rings. The SMILES string of the molecule is C=CCBr.C=CCC1OC(=O)C2=C1[C@@H]1C[C@@H]3O[C@@]34[C@H](O)[C@@]3(C(C)C)O[C@H]3[C@@H]3O[C@@]34[C@@]1(C)CC2.C=CCC1OC(=O)C2=C1[C@@H]1C[C@@H]3O[C@@]34[C@H](OCSC)[C@@]3(C(C)C)O[C@H]3[C@@H]3O[C@@]34[C@@]1(C)CC2.CC(=O)O.CC(C)[C@]12O[C@H]1[C@@H]1O[C@]13[C@]1(O[C@H]1C[C@H]1C4=C(CC[C@@]13C)C(=O)OC4)[C@@H]2O.CSCO[C@@H]1[C@@]2(C(C)C)O[C@H]2[C@@H]2O[C@]23[C@]12O[C@H]2C[C@H]1C2=C(CC[C@@]13C)C(=O)OC2.[Cl][Hg][Cl]. The minimum absolute atomic E-state index is 0.00808. The summed E-state index contributed by atoms with van der Waals surface area (Å²) in [5.74, 6) is 1.80. The zero-order valence-electron chi connectivity index (χ0n) is 75.2. The molecule has 127 heavy (non-hydrogen) atoms. The van der Waals surface area contributed by atoms with E-state index in [-0.39, 0.29) is 196 Å². The van der Waals surface area contributed by atoms with Crippen molar-refractivity contribution in [3.05, 3.63) is 82.5 Å². The average Bonchev–Trinajstić information content (AvgIpc) is 1.44. The van der Waals surface area contributed by atoms with E-state index in [0.717, 1.165) is 116 Å². The average molecular weight is 2090 g/mol. The van der Waals surface area contributed by atoms with Crippen LogP contribution in [0, 0.1) is 69.0 Å². The molecule has 26 nitrogen and oxygen atoms in total. The zero-order valence-corrected chi connectivity index (χ0v) is 85.4. The summed E-state index contributed by atoms with van der Waals surface area (Å²) in [6, 6.07) is 0. The van der Waals surface area contributed by atoms with Gasteiger partial charge in [-0.15, -0.1) is 43.3 Å². The van der Waals surface area contributed by atoms with E-state index in [1.807, 2.05) is 12.2 Å². The number of epoxide rings is 12. The number of hydrogen-bond acceptors (Lipinski definition) is 27. The van der Waals surface area contributed by atoms with Crippen molar-refractivity contribution in [1.29, 1.82) is 0 Å². The van der Waals surface area contributed by atoms with Gasteiger partial charge in [0.25, 0.3) is 5.97 Å². The Morgan fingerprint density at radius 3 is 1.06 bits per heavy atom. The molecule has 8 saturated carbocycles. The summed E-state index contributed by atoms with van der Waals surface area (Å²) < 4.78 is 113. The predicted octanol–water partition coefficient (Wildman–Crippen LogP) is 12.0. The number of ether oxygens (including phenoxy) is 18.